The molecule has 1 aliphatic heterocycles. The lowest BCUT2D eigenvalue weighted by atomic mass is 10.1. The van der Waals surface area contributed by atoms with Crippen molar-refractivity contribution in [3.8, 4) is 11.5 Å². The Morgan fingerprint density at radius 3 is 2.51 bits per heavy atom. The van der Waals surface area contributed by atoms with Crippen molar-refractivity contribution in [1.82, 2.24) is 4.90 Å². The lowest BCUT2D eigenvalue weighted by Gasteiger charge is -2.22. The summed E-state index contributed by atoms with van der Waals surface area (Å²) in [6.07, 6.45) is 2.74. The van der Waals surface area contributed by atoms with E-state index in [9.17, 15) is 4.79 Å². The van der Waals surface area contributed by atoms with E-state index in [0.717, 1.165) is 23.2 Å². The molecule has 1 heterocycles. The Labute approximate surface area is 234 Å². The molecule has 1 saturated heterocycles. The molecule has 0 saturated carbocycles. The monoisotopic (exact) mass is 536 g/mol. The van der Waals surface area contributed by atoms with E-state index in [1.54, 1.807) is 12.0 Å². The highest BCUT2D eigenvalue weighted by Gasteiger charge is 2.36. The summed E-state index contributed by atoms with van der Waals surface area (Å²) in [5.41, 5.74) is 3.98. The van der Waals surface area contributed by atoms with Gasteiger partial charge in [-0.15, -0.1) is 0 Å². The molecule has 1 atom stereocenters. The Hall–Kier alpha value is -4.03. The Morgan fingerprint density at radius 2 is 1.74 bits per heavy atom. The fraction of sp³-hybridized carbons (Fsp3) is 0.212. The van der Waals surface area contributed by atoms with Gasteiger partial charge in [0.15, 0.2) is 16.7 Å². The number of amidine groups is 1. The van der Waals surface area contributed by atoms with Crippen LogP contribution in [0.4, 0.5) is 5.69 Å². The van der Waals surface area contributed by atoms with Gasteiger partial charge in [0, 0.05) is 6.04 Å². The lowest BCUT2D eigenvalue weighted by Crippen LogP contribution is -2.36. The first-order valence-corrected chi connectivity index (χ1v) is 13.9. The molecular formula is C33H32N2O3S. The standard InChI is InChI=1S/C33H32N2O3S/c1-5-23(3)35-32(36)31(39-33(35)34-27-16-13-22(2)14-17-27)20-24-15-18-29(30(19-24)37-4)38-21-26-11-8-10-25-9-6-7-12-28(25)26/h6-20,23H,5,21H2,1-4H3/b31-20+,34-33?/t23-/m1/s1. The van der Waals surface area contributed by atoms with Gasteiger partial charge in [0.2, 0.25) is 0 Å². The topological polar surface area (TPSA) is 51.1 Å². The van der Waals surface area contributed by atoms with Crippen LogP contribution in [0.5, 0.6) is 11.5 Å². The maximum atomic E-state index is 13.5. The zero-order valence-electron chi connectivity index (χ0n) is 22.7. The second-order valence-corrected chi connectivity index (χ2v) is 10.6. The van der Waals surface area contributed by atoms with Crippen molar-refractivity contribution in [2.75, 3.05) is 7.11 Å². The summed E-state index contributed by atoms with van der Waals surface area (Å²) in [7, 11) is 1.63. The smallest absolute Gasteiger partial charge is 0.266 e. The van der Waals surface area contributed by atoms with Gasteiger partial charge in [-0.25, -0.2) is 4.99 Å². The largest absolute Gasteiger partial charge is 0.493 e. The lowest BCUT2D eigenvalue weighted by molar-refractivity contribution is -0.123. The third-order valence-corrected chi connectivity index (χ3v) is 7.86. The minimum absolute atomic E-state index is 0.0320. The number of ether oxygens (including phenoxy) is 2. The number of hydrogen-bond donors (Lipinski definition) is 0. The van der Waals surface area contributed by atoms with Crippen LogP contribution in [0, 0.1) is 6.92 Å². The first-order valence-electron chi connectivity index (χ1n) is 13.1. The predicted octanol–water partition coefficient (Wildman–Crippen LogP) is 8.14. The fourth-order valence-electron chi connectivity index (χ4n) is 4.48. The van der Waals surface area contributed by atoms with Gasteiger partial charge in [0.05, 0.1) is 17.7 Å². The molecule has 4 aromatic rings. The molecule has 0 aliphatic carbocycles. The molecule has 1 aliphatic rings. The summed E-state index contributed by atoms with van der Waals surface area (Å²) >= 11 is 1.41. The number of thioether (sulfide) groups is 1. The van der Waals surface area contributed by atoms with Crippen molar-refractivity contribution in [2.24, 2.45) is 4.99 Å². The highest BCUT2D eigenvalue weighted by atomic mass is 32.2. The van der Waals surface area contributed by atoms with E-state index in [1.165, 1.54) is 28.1 Å². The van der Waals surface area contributed by atoms with E-state index in [0.29, 0.717) is 28.2 Å². The maximum absolute atomic E-state index is 13.5. The fourth-order valence-corrected chi connectivity index (χ4v) is 5.57. The summed E-state index contributed by atoms with van der Waals surface area (Å²) in [6, 6.07) is 28.3. The van der Waals surface area contributed by atoms with Crippen LogP contribution in [-0.2, 0) is 11.4 Å². The SMILES string of the molecule is CC[C@@H](C)N1C(=O)/C(=C\c2ccc(OCc3cccc4ccccc34)c(OC)c2)SC1=Nc1ccc(C)cc1. The summed E-state index contributed by atoms with van der Waals surface area (Å²) in [4.78, 5) is 20.7. The van der Waals surface area contributed by atoms with Crippen molar-refractivity contribution in [3.63, 3.8) is 0 Å². The molecule has 198 valence electrons. The molecule has 0 bridgehead atoms. The van der Waals surface area contributed by atoms with Crippen LogP contribution in [0.3, 0.4) is 0 Å². The van der Waals surface area contributed by atoms with Crippen LogP contribution in [0.15, 0.2) is 94.8 Å². The summed E-state index contributed by atoms with van der Waals surface area (Å²) in [6.45, 7) is 6.60. The maximum Gasteiger partial charge on any atom is 0.266 e. The molecule has 4 aromatic carbocycles. The van der Waals surface area contributed by atoms with E-state index in [4.69, 9.17) is 14.5 Å². The number of methoxy groups -OCH3 is 1. The first kappa shape index (κ1) is 26.6. The number of benzene rings is 4. The van der Waals surface area contributed by atoms with E-state index in [2.05, 4.69) is 38.1 Å². The number of carbonyl (C=O) groups is 1. The van der Waals surface area contributed by atoms with Crippen LogP contribution >= 0.6 is 11.8 Å². The minimum atomic E-state index is -0.0320. The Balaban J connectivity index is 1.39. The van der Waals surface area contributed by atoms with Crippen LogP contribution < -0.4 is 9.47 Å². The van der Waals surface area contributed by atoms with Gasteiger partial charge in [-0.2, -0.15) is 0 Å². The Morgan fingerprint density at radius 1 is 0.974 bits per heavy atom. The third-order valence-electron chi connectivity index (χ3n) is 6.88. The predicted molar refractivity (Wildman–Crippen MR) is 162 cm³/mol. The minimum Gasteiger partial charge on any atom is -0.493 e. The summed E-state index contributed by atoms with van der Waals surface area (Å²) < 4.78 is 11.8. The number of aryl methyl sites for hydroxylation is 1. The molecule has 0 unspecified atom stereocenters. The molecule has 0 radical (unpaired) electrons. The normalized spacial score (nSPS) is 16.3. The van der Waals surface area contributed by atoms with Gasteiger partial charge in [-0.05, 0) is 84.3 Å². The molecule has 5 nitrogen and oxygen atoms in total. The van der Waals surface area contributed by atoms with E-state index in [-0.39, 0.29) is 11.9 Å². The number of rotatable bonds is 8. The molecular weight excluding hydrogens is 504 g/mol. The van der Waals surface area contributed by atoms with Gasteiger partial charge >= 0.3 is 0 Å². The number of carbonyl (C=O) groups excluding carboxylic acids is 1. The average molecular weight is 537 g/mol. The number of nitrogens with zero attached hydrogens (tertiary/aromatic N) is 2. The molecule has 0 aromatic heterocycles. The Kier molecular flexibility index (Phi) is 8.03. The van der Waals surface area contributed by atoms with Crippen molar-refractivity contribution in [2.45, 2.75) is 39.8 Å². The zero-order chi connectivity index (χ0) is 27.4. The summed E-state index contributed by atoms with van der Waals surface area (Å²) in [5, 5.41) is 3.06. The van der Waals surface area contributed by atoms with Crippen molar-refractivity contribution < 1.29 is 14.3 Å². The van der Waals surface area contributed by atoms with Gasteiger partial charge in [-0.1, -0.05) is 73.2 Å². The van der Waals surface area contributed by atoms with Gasteiger partial charge in [0.25, 0.3) is 5.91 Å². The quantitative estimate of drug-likeness (QED) is 0.213. The molecule has 39 heavy (non-hydrogen) atoms. The molecule has 0 N–H and O–H groups in total. The highest BCUT2D eigenvalue weighted by Crippen LogP contribution is 2.37. The molecule has 0 spiro atoms. The van der Waals surface area contributed by atoms with Crippen molar-refractivity contribution in [3.05, 3.63) is 107 Å². The highest BCUT2D eigenvalue weighted by molar-refractivity contribution is 8.18. The van der Waals surface area contributed by atoms with Crippen LogP contribution in [0.1, 0.15) is 37.0 Å². The first-order chi connectivity index (χ1) is 19.0. The summed E-state index contributed by atoms with van der Waals surface area (Å²) in [5.74, 6) is 1.24. The molecule has 5 rings (SSSR count). The molecule has 1 amide bonds. The third kappa shape index (κ3) is 5.86. The van der Waals surface area contributed by atoms with E-state index >= 15 is 0 Å². The van der Waals surface area contributed by atoms with Crippen LogP contribution in [-0.4, -0.2) is 29.1 Å². The van der Waals surface area contributed by atoms with Gasteiger partial charge < -0.3 is 9.47 Å². The van der Waals surface area contributed by atoms with Crippen LogP contribution in [0.2, 0.25) is 0 Å². The van der Waals surface area contributed by atoms with Crippen molar-refractivity contribution >= 4 is 45.4 Å². The Bertz CT molecular complexity index is 1550. The van der Waals surface area contributed by atoms with E-state index in [1.807, 2.05) is 73.7 Å². The van der Waals surface area contributed by atoms with Gasteiger partial charge in [0.1, 0.15) is 6.61 Å². The number of amides is 1. The molecule has 1 fully saturated rings. The van der Waals surface area contributed by atoms with Gasteiger partial charge in [-0.3, -0.25) is 9.69 Å². The molecule has 6 heteroatoms. The number of aliphatic imine (C=N–C) groups is 1. The number of fused-ring (bicyclic) bond motifs is 1. The second-order valence-electron chi connectivity index (χ2n) is 9.61. The number of hydrogen-bond acceptors (Lipinski definition) is 5. The second kappa shape index (κ2) is 11.8. The average Bonchev–Trinajstić information content (AvgIpc) is 3.26. The zero-order valence-corrected chi connectivity index (χ0v) is 23.5. The van der Waals surface area contributed by atoms with E-state index < -0.39 is 0 Å². The van der Waals surface area contributed by atoms with Crippen LogP contribution in [0.25, 0.3) is 16.8 Å². The van der Waals surface area contributed by atoms with Crippen molar-refractivity contribution in [1.29, 1.82) is 0 Å².